The number of piperazine rings is 1. The number of cyclic esters (lactones) is 1. The summed E-state index contributed by atoms with van der Waals surface area (Å²) in [6, 6.07) is 5.66. The zero-order chi connectivity index (χ0) is 32.7. The quantitative estimate of drug-likeness (QED) is 0.300. The van der Waals surface area contributed by atoms with E-state index >= 15 is 0 Å². The minimum absolute atomic E-state index is 0.115. The molecule has 45 heavy (non-hydrogen) atoms. The van der Waals surface area contributed by atoms with E-state index < -0.39 is 36.1 Å². The number of esters is 1. The zero-order valence-corrected chi connectivity index (χ0v) is 26.2. The maximum atomic E-state index is 14.7. The van der Waals surface area contributed by atoms with E-state index in [1.807, 2.05) is 33.0 Å². The van der Waals surface area contributed by atoms with E-state index in [4.69, 9.17) is 9.47 Å². The summed E-state index contributed by atoms with van der Waals surface area (Å²) in [5.41, 5.74) is 1.31. The van der Waals surface area contributed by atoms with E-state index in [-0.39, 0.29) is 43.1 Å². The van der Waals surface area contributed by atoms with Crippen molar-refractivity contribution in [3.8, 4) is 12.2 Å². The first-order valence-electron chi connectivity index (χ1n) is 15.3. The standard InChI is InChI=1S/C33H42F2N4O6/c1-22-5-7-28(40)21-30(41)45-31(23(2)6-8-29(22)44-33(43)38-13-11-36(4)12-14-38)24(3)17-25-18-26(35)20-27(19-25)39-16-15-37(10-9-34)32(39)42/h6,8,17-20,22-23,28-29,31,40H,5,7,11-16,21H2,1-4H3/b8-6-,24-17+/t22-,23-,28+,29-,31-/m0/s1. The van der Waals surface area contributed by atoms with Crippen LogP contribution in [0.3, 0.4) is 0 Å². The van der Waals surface area contributed by atoms with Crippen LogP contribution in [0.4, 0.5) is 24.1 Å². The Morgan fingerprint density at radius 2 is 1.80 bits per heavy atom. The van der Waals surface area contributed by atoms with Crippen molar-refractivity contribution in [1.82, 2.24) is 14.7 Å². The van der Waals surface area contributed by atoms with Crippen LogP contribution in [0.25, 0.3) is 6.08 Å². The minimum atomic E-state index is -0.928. The van der Waals surface area contributed by atoms with Gasteiger partial charge >= 0.3 is 18.1 Å². The Labute approximate surface area is 263 Å². The number of hydrogen-bond donors (Lipinski definition) is 1. The van der Waals surface area contributed by atoms with Crippen molar-refractivity contribution in [3.05, 3.63) is 47.3 Å². The topological polar surface area (TPSA) is 103 Å². The van der Waals surface area contributed by atoms with Gasteiger partial charge in [0.2, 0.25) is 0 Å². The smallest absolute Gasteiger partial charge is 0.410 e. The Kier molecular flexibility index (Phi) is 11.6. The largest absolute Gasteiger partial charge is 0.457 e. The average molecular weight is 629 g/mol. The molecule has 4 rings (SSSR count). The predicted molar refractivity (Wildman–Crippen MR) is 165 cm³/mol. The lowest BCUT2D eigenvalue weighted by molar-refractivity contribution is -0.151. The highest BCUT2D eigenvalue weighted by Crippen LogP contribution is 2.28. The number of urea groups is 1. The van der Waals surface area contributed by atoms with Crippen molar-refractivity contribution in [2.45, 2.75) is 58.3 Å². The van der Waals surface area contributed by atoms with Crippen molar-refractivity contribution in [3.63, 3.8) is 0 Å². The van der Waals surface area contributed by atoms with E-state index in [1.165, 1.54) is 23.2 Å². The normalized spacial score (nSPS) is 28.0. The van der Waals surface area contributed by atoms with Gasteiger partial charge in [-0.05, 0) is 68.1 Å². The zero-order valence-electron chi connectivity index (χ0n) is 26.2. The summed E-state index contributed by atoms with van der Waals surface area (Å²) in [7, 11) is 2.01. The minimum Gasteiger partial charge on any atom is -0.457 e. The maximum Gasteiger partial charge on any atom is 0.410 e. The van der Waals surface area contributed by atoms with Gasteiger partial charge in [0.1, 0.15) is 24.2 Å². The number of aliphatic hydroxyl groups is 1. The lowest BCUT2D eigenvalue weighted by Crippen LogP contribution is -2.48. The number of likely N-dealkylation sites (N-methyl/N-ethyl adjacent to an activating group) is 1. The number of rotatable bonds is 4. The third kappa shape index (κ3) is 9.05. The highest BCUT2D eigenvalue weighted by Gasteiger charge is 2.31. The first-order valence-corrected chi connectivity index (χ1v) is 15.3. The number of hydrogen-bond acceptors (Lipinski definition) is 7. The van der Waals surface area contributed by atoms with Crippen LogP contribution in [0.15, 0.2) is 35.9 Å². The summed E-state index contributed by atoms with van der Waals surface area (Å²) in [6.45, 7) is 8.63. The molecule has 3 aliphatic rings. The van der Waals surface area contributed by atoms with E-state index in [2.05, 4.69) is 10.9 Å². The fraction of sp³-hybridized carbons (Fsp3) is 0.545. The van der Waals surface area contributed by atoms with Gasteiger partial charge in [-0.1, -0.05) is 26.0 Å². The molecule has 5 atom stereocenters. The van der Waals surface area contributed by atoms with Crippen molar-refractivity contribution >= 4 is 29.9 Å². The van der Waals surface area contributed by atoms with Crippen LogP contribution < -0.4 is 4.90 Å². The number of benzene rings is 1. The SMILES string of the molecule is C/C(=C\c1cc(F)cc(N2CCN(C#CF)C2=O)c1)[C@H]1OC(=O)C[C@H](O)CC[C@H](C)[C@@H](OC(=O)N2CCN(C)CC2)/C=C\[C@@H]1C. The molecule has 244 valence electrons. The Hall–Kier alpha value is -3.95. The Bertz CT molecular complexity index is 1370. The van der Waals surface area contributed by atoms with Gasteiger partial charge < -0.3 is 24.4 Å². The monoisotopic (exact) mass is 628 g/mol. The lowest BCUT2D eigenvalue weighted by Gasteiger charge is -2.33. The van der Waals surface area contributed by atoms with Crippen LogP contribution in [-0.4, -0.2) is 103 Å². The third-order valence-electron chi connectivity index (χ3n) is 8.50. The molecule has 1 aromatic rings. The molecule has 2 saturated heterocycles. The van der Waals surface area contributed by atoms with Gasteiger partial charge in [-0.15, -0.1) is 4.39 Å². The Morgan fingerprint density at radius 1 is 1.07 bits per heavy atom. The summed E-state index contributed by atoms with van der Waals surface area (Å²) >= 11 is 0. The molecule has 3 aliphatic heterocycles. The Balaban J connectivity index is 1.58. The molecule has 1 N–H and O–H groups in total. The van der Waals surface area contributed by atoms with Crippen molar-refractivity contribution in [2.24, 2.45) is 11.8 Å². The number of anilines is 1. The van der Waals surface area contributed by atoms with Gasteiger partial charge in [0.15, 0.2) is 0 Å². The molecule has 0 aliphatic carbocycles. The van der Waals surface area contributed by atoms with Gasteiger partial charge in [0, 0.05) is 44.3 Å². The molecule has 0 saturated carbocycles. The van der Waals surface area contributed by atoms with Crippen molar-refractivity contribution in [1.29, 1.82) is 0 Å². The van der Waals surface area contributed by atoms with E-state index in [0.29, 0.717) is 37.1 Å². The molecule has 0 radical (unpaired) electrons. The number of amides is 3. The maximum absolute atomic E-state index is 14.7. The number of ether oxygens (including phenoxy) is 2. The lowest BCUT2D eigenvalue weighted by atomic mass is 9.91. The molecule has 10 nitrogen and oxygen atoms in total. The molecular weight excluding hydrogens is 586 g/mol. The van der Waals surface area contributed by atoms with Gasteiger partial charge in [-0.3, -0.25) is 9.69 Å². The summed E-state index contributed by atoms with van der Waals surface area (Å²) < 4.78 is 39.0. The van der Waals surface area contributed by atoms with Crippen LogP contribution in [0, 0.1) is 29.9 Å². The van der Waals surface area contributed by atoms with Crippen LogP contribution >= 0.6 is 0 Å². The number of nitrogens with zero attached hydrogens (tertiary/aromatic N) is 4. The summed E-state index contributed by atoms with van der Waals surface area (Å²) in [4.78, 5) is 44.7. The predicted octanol–water partition coefficient (Wildman–Crippen LogP) is 4.40. The summed E-state index contributed by atoms with van der Waals surface area (Å²) in [5.74, 6) is -1.64. The molecule has 2 fully saturated rings. The number of carbonyl (C=O) groups is 3. The van der Waals surface area contributed by atoms with Crippen LogP contribution in [0.2, 0.25) is 0 Å². The highest BCUT2D eigenvalue weighted by molar-refractivity contribution is 5.95. The van der Waals surface area contributed by atoms with Gasteiger partial charge in [0.05, 0.1) is 25.1 Å². The van der Waals surface area contributed by atoms with E-state index in [0.717, 1.165) is 18.0 Å². The third-order valence-corrected chi connectivity index (χ3v) is 8.50. The van der Waals surface area contributed by atoms with Gasteiger partial charge in [0.25, 0.3) is 0 Å². The molecule has 0 unspecified atom stereocenters. The van der Waals surface area contributed by atoms with Gasteiger partial charge in [-0.2, -0.15) is 0 Å². The second kappa shape index (κ2) is 15.4. The second-order valence-electron chi connectivity index (χ2n) is 12.1. The molecule has 0 aromatic heterocycles. The van der Waals surface area contributed by atoms with E-state index in [9.17, 15) is 28.3 Å². The molecule has 0 spiro atoms. The number of carbonyl (C=O) groups excluding carboxylic acids is 3. The fourth-order valence-electron chi connectivity index (χ4n) is 5.74. The second-order valence-corrected chi connectivity index (χ2v) is 12.1. The van der Waals surface area contributed by atoms with Gasteiger partial charge in [-0.25, -0.2) is 18.9 Å². The highest BCUT2D eigenvalue weighted by atomic mass is 19.1. The van der Waals surface area contributed by atoms with E-state index in [1.54, 1.807) is 24.0 Å². The molecular formula is C33H42F2N4O6. The molecule has 3 heterocycles. The molecule has 0 bridgehead atoms. The molecule has 1 aromatic carbocycles. The number of halogens is 2. The molecule has 3 amide bonds. The first-order chi connectivity index (χ1) is 21.4. The number of aliphatic hydroxyl groups excluding tert-OH is 1. The Morgan fingerprint density at radius 3 is 2.51 bits per heavy atom. The van der Waals surface area contributed by atoms with Crippen LogP contribution in [-0.2, 0) is 14.3 Å². The fourth-order valence-corrected chi connectivity index (χ4v) is 5.74. The average Bonchev–Trinajstić information content (AvgIpc) is 3.35. The molecule has 12 heteroatoms. The first kappa shape index (κ1) is 33.9. The van der Waals surface area contributed by atoms with Crippen molar-refractivity contribution in [2.75, 3.05) is 51.2 Å². The van der Waals surface area contributed by atoms with Crippen LogP contribution in [0.1, 0.15) is 45.6 Å². The van der Waals surface area contributed by atoms with Crippen LogP contribution in [0.5, 0.6) is 0 Å². The summed E-state index contributed by atoms with van der Waals surface area (Å²) in [5, 5.41) is 10.6. The summed E-state index contributed by atoms with van der Waals surface area (Å²) in [6.07, 6.45) is 4.58. The van der Waals surface area contributed by atoms with Crippen molar-refractivity contribution < 1.29 is 37.7 Å².